The minimum absolute atomic E-state index is 0.157. The summed E-state index contributed by atoms with van der Waals surface area (Å²) in [6, 6.07) is 7.50. The van der Waals surface area contributed by atoms with Gasteiger partial charge in [0.25, 0.3) is 0 Å². The van der Waals surface area contributed by atoms with Crippen molar-refractivity contribution in [1.82, 2.24) is 4.31 Å². The number of nitrogens with zero attached hydrogens (tertiary/aromatic N) is 1. The molecule has 0 saturated carbocycles. The Kier molecular flexibility index (Phi) is 6.84. The summed E-state index contributed by atoms with van der Waals surface area (Å²) >= 11 is 0. The maximum atomic E-state index is 11.9. The highest BCUT2D eigenvalue weighted by Crippen LogP contribution is 2.09. The molecule has 0 radical (unpaired) electrons. The molecule has 0 bridgehead atoms. The average molecular weight is 312 g/mol. The van der Waals surface area contributed by atoms with E-state index in [0.717, 1.165) is 24.1 Å². The van der Waals surface area contributed by atoms with E-state index in [1.54, 1.807) is 0 Å². The molecule has 1 amide bonds. The van der Waals surface area contributed by atoms with Crippen LogP contribution in [-0.2, 0) is 14.8 Å². The summed E-state index contributed by atoms with van der Waals surface area (Å²) < 4.78 is 24.6. The van der Waals surface area contributed by atoms with Crippen LogP contribution in [0.4, 0.5) is 5.69 Å². The van der Waals surface area contributed by atoms with Gasteiger partial charge in [-0.2, -0.15) is 0 Å². The van der Waals surface area contributed by atoms with Gasteiger partial charge in [-0.3, -0.25) is 4.79 Å². The lowest BCUT2D eigenvalue weighted by Crippen LogP contribution is -2.33. The predicted molar refractivity (Wildman–Crippen MR) is 85.8 cm³/mol. The largest absolute Gasteiger partial charge is 0.326 e. The van der Waals surface area contributed by atoms with E-state index in [4.69, 9.17) is 0 Å². The van der Waals surface area contributed by atoms with E-state index in [1.165, 1.54) is 10.6 Å². The van der Waals surface area contributed by atoms with Gasteiger partial charge in [-0.15, -0.1) is 0 Å². The third-order valence-electron chi connectivity index (χ3n) is 3.15. The maximum Gasteiger partial charge on any atom is 0.225 e. The molecule has 0 aliphatic rings. The highest BCUT2D eigenvalue weighted by atomic mass is 32.2. The molecular formula is C15H24N2O3S. The number of sulfonamides is 1. The molecule has 0 atom stereocenters. The number of carbonyl (C=O) groups excluding carboxylic acids is 1. The number of aryl methyl sites for hydroxylation is 1. The number of unbranched alkanes of at least 4 members (excludes halogenated alkanes) is 1. The van der Waals surface area contributed by atoms with Crippen LogP contribution in [0.15, 0.2) is 24.3 Å². The molecule has 21 heavy (non-hydrogen) atoms. The Morgan fingerprint density at radius 1 is 1.19 bits per heavy atom. The van der Waals surface area contributed by atoms with Gasteiger partial charge < -0.3 is 5.32 Å². The fraction of sp³-hybridized carbons (Fsp3) is 0.533. The van der Waals surface area contributed by atoms with Crippen molar-refractivity contribution in [2.75, 3.05) is 24.7 Å². The van der Waals surface area contributed by atoms with Gasteiger partial charge in [-0.25, -0.2) is 12.7 Å². The number of hydrogen-bond acceptors (Lipinski definition) is 3. The summed E-state index contributed by atoms with van der Waals surface area (Å²) in [6.07, 6.45) is 3.05. The summed E-state index contributed by atoms with van der Waals surface area (Å²) in [4.78, 5) is 11.9. The Balaban J connectivity index is 2.51. The molecule has 5 nitrogen and oxygen atoms in total. The van der Waals surface area contributed by atoms with Crippen LogP contribution in [0.25, 0.3) is 0 Å². The van der Waals surface area contributed by atoms with E-state index in [9.17, 15) is 13.2 Å². The summed E-state index contributed by atoms with van der Waals surface area (Å²) in [6.45, 7) is 4.66. The van der Waals surface area contributed by atoms with E-state index in [2.05, 4.69) is 5.32 Å². The minimum atomic E-state index is -3.26. The normalized spacial score (nSPS) is 11.6. The third-order valence-corrected chi connectivity index (χ3v) is 4.46. The van der Waals surface area contributed by atoms with E-state index in [0.29, 0.717) is 6.54 Å². The molecule has 1 N–H and O–H groups in total. The highest BCUT2D eigenvalue weighted by Gasteiger charge is 2.17. The predicted octanol–water partition coefficient (Wildman–Crippen LogP) is 2.39. The molecule has 0 unspecified atom stereocenters. The Morgan fingerprint density at radius 3 is 2.33 bits per heavy atom. The summed E-state index contributed by atoms with van der Waals surface area (Å²) in [7, 11) is -3.26. The summed E-state index contributed by atoms with van der Waals surface area (Å²) in [5.41, 5.74) is 1.85. The smallest absolute Gasteiger partial charge is 0.225 e. The molecule has 1 aromatic rings. The van der Waals surface area contributed by atoms with Gasteiger partial charge in [0.15, 0.2) is 0 Å². The van der Waals surface area contributed by atoms with E-state index >= 15 is 0 Å². The van der Waals surface area contributed by atoms with E-state index in [1.807, 2.05) is 38.1 Å². The zero-order valence-electron chi connectivity index (χ0n) is 12.9. The van der Waals surface area contributed by atoms with Gasteiger partial charge in [-0.05, 0) is 25.5 Å². The number of benzene rings is 1. The summed E-state index contributed by atoms with van der Waals surface area (Å²) in [5, 5.41) is 2.77. The van der Waals surface area contributed by atoms with Crippen LogP contribution in [-0.4, -0.2) is 38.0 Å². The fourth-order valence-corrected chi connectivity index (χ4v) is 2.75. The van der Waals surface area contributed by atoms with Crippen molar-refractivity contribution in [3.63, 3.8) is 0 Å². The van der Waals surface area contributed by atoms with Gasteiger partial charge >= 0.3 is 0 Å². The zero-order chi connectivity index (χ0) is 15.9. The number of amides is 1. The Bertz CT molecular complexity index is 553. The van der Waals surface area contributed by atoms with Crippen molar-refractivity contribution >= 4 is 21.6 Å². The second-order valence-electron chi connectivity index (χ2n) is 5.18. The molecular weight excluding hydrogens is 288 g/mol. The van der Waals surface area contributed by atoms with Crippen LogP contribution in [0, 0.1) is 6.92 Å². The Morgan fingerprint density at radius 2 is 1.81 bits per heavy atom. The first kappa shape index (κ1) is 17.7. The van der Waals surface area contributed by atoms with E-state index in [-0.39, 0.29) is 18.9 Å². The molecule has 0 saturated heterocycles. The van der Waals surface area contributed by atoms with Crippen molar-refractivity contribution < 1.29 is 13.2 Å². The van der Waals surface area contributed by atoms with Gasteiger partial charge in [0.2, 0.25) is 15.9 Å². The quantitative estimate of drug-likeness (QED) is 0.801. The van der Waals surface area contributed by atoms with Crippen LogP contribution < -0.4 is 5.32 Å². The van der Waals surface area contributed by atoms with Crippen molar-refractivity contribution in [1.29, 1.82) is 0 Å². The van der Waals surface area contributed by atoms with Crippen molar-refractivity contribution in [2.45, 2.75) is 33.1 Å². The minimum Gasteiger partial charge on any atom is -0.326 e. The van der Waals surface area contributed by atoms with Crippen LogP contribution in [0.5, 0.6) is 0 Å². The number of carbonyl (C=O) groups is 1. The third kappa shape index (κ3) is 6.73. The van der Waals surface area contributed by atoms with Gasteiger partial charge in [0.05, 0.1) is 6.26 Å². The molecule has 0 aromatic heterocycles. The van der Waals surface area contributed by atoms with Crippen molar-refractivity contribution in [3.05, 3.63) is 29.8 Å². The monoisotopic (exact) mass is 312 g/mol. The maximum absolute atomic E-state index is 11.9. The van der Waals surface area contributed by atoms with Crippen LogP contribution >= 0.6 is 0 Å². The first-order valence-electron chi connectivity index (χ1n) is 7.14. The standard InChI is InChI=1S/C15H24N2O3S/c1-4-5-11-17(21(3,19)20)12-10-15(18)16-14-8-6-13(2)7-9-14/h6-9H,4-5,10-12H2,1-3H3,(H,16,18). The van der Waals surface area contributed by atoms with Crippen molar-refractivity contribution in [2.24, 2.45) is 0 Å². The number of hydrogen-bond donors (Lipinski definition) is 1. The number of rotatable bonds is 8. The fourth-order valence-electron chi connectivity index (χ4n) is 1.86. The SMILES string of the molecule is CCCCN(CCC(=O)Nc1ccc(C)cc1)S(C)(=O)=O. The number of anilines is 1. The highest BCUT2D eigenvalue weighted by molar-refractivity contribution is 7.88. The average Bonchev–Trinajstić information content (AvgIpc) is 2.40. The van der Waals surface area contributed by atoms with Gasteiger partial charge in [0, 0.05) is 25.2 Å². The molecule has 0 fully saturated rings. The molecule has 118 valence electrons. The van der Waals surface area contributed by atoms with Crippen molar-refractivity contribution in [3.8, 4) is 0 Å². The Hall–Kier alpha value is -1.40. The second-order valence-corrected chi connectivity index (χ2v) is 7.16. The lowest BCUT2D eigenvalue weighted by molar-refractivity contribution is -0.116. The number of nitrogens with one attached hydrogen (secondary N) is 1. The molecule has 0 aliphatic carbocycles. The lowest BCUT2D eigenvalue weighted by Gasteiger charge is -2.19. The molecule has 6 heteroatoms. The molecule has 0 aliphatic heterocycles. The lowest BCUT2D eigenvalue weighted by atomic mass is 10.2. The van der Waals surface area contributed by atoms with E-state index < -0.39 is 10.0 Å². The van der Waals surface area contributed by atoms with Crippen LogP contribution in [0.1, 0.15) is 31.7 Å². The Labute approximate surface area is 127 Å². The molecule has 1 aromatic carbocycles. The second kappa shape index (κ2) is 8.14. The first-order valence-corrected chi connectivity index (χ1v) is 8.99. The molecule has 0 heterocycles. The zero-order valence-corrected chi connectivity index (χ0v) is 13.7. The summed E-state index contributed by atoms with van der Waals surface area (Å²) in [5.74, 6) is -0.177. The van der Waals surface area contributed by atoms with Crippen LogP contribution in [0.3, 0.4) is 0 Å². The van der Waals surface area contributed by atoms with Crippen LogP contribution in [0.2, 0.25) is 0 Å². The molecule has 1 rings (SSSR count). The topological polar surface area (TPSA) is 66.5 Å². The first-order chi connectivity index (χ1) is 9.82. The molecule has 0 spiro atoms. The van der Waals surface area contributed by atoms with Gasteiger partial charge in [-0.1, -0.05) is 31.0 Å². The van der Waals surface area contributed by atoms with Gasteiger partial charge in [0.1, 0.15) is 0 Å².